The minimum Gasteiger partial charge on any atom is -0.457 e. The molecule has 0 N–H and O–H groups in total. The topological polar surface area (TPSA) is 59.5 Å². The van der Waals surface area contributed by atoms with Gasteiger partial charge in [0.15, 0.2) is 0 Å². The van der Waals surface area contributed by atoms with Gasteiger partial charge in [0.2, 0.25) is 10.9 Å². The van der Waals surface area contributed by atoms with Crippen LogP contribution in [-0.4, -0.2) is 19.9 Å². The van der Waals surface area contributed by atoms with Crippen LogP contribution in [0, 0.1) is 19.7 Å². The number of nitrogens with zero attached hydrogens (tertiary/aromatic N) is 2. The van der Waals surface area contributed by atoms with Crippen LogP contribution < -0.4 is 9.04 Å². The summed E-state index contributed by atoms with van der Waals surface area (Å²) in [6.07, 6.45) is 0. The van der Waals surface area contributed by atoms with Gasteiger partial charge in [0, 0.05) is 23.5 Å². The number of hydrogen-bond donors (Lipinski definition) is 1. The SMILES string of the molecule is CCN(c1ccc(Oc2ccc(F)cc2)c(-c2cc(C)nc(C)c2)c1)[SH](=O)=O. The zero-order valence-corrected chi connectivity index (χ0v) is 16.7. The molecule has 0 aliphatic rings. The first kappa shape index (κ1) is 19.8. The molecule has 2 aromatic carbocycles. The Balaban J connectivity index is 2.13. The maximum absolute atomic E-state index is 13.2. The molecule has 146 valence electrons. The molecule has 0 aliphatic carbocycles. The van der Waals surface area contributed by atoms with Crippen LogP contribution in [0.1, 0.15) is 18.3 Å². The molecule has 0 unspecified atom stereocenters. The van der Waals surface area contributed by atoms with E-state index in [0.29, 0.717) is 23.7 Å². The molecular formula is C21H21FN2O3S. The fourth-order valence-electron chi connectivity index (χ4n) is 3.01. The molecule has 0 amide bonds. The lowest BCUT2D eigenvalue weighted by molar-refractivity contribution is 0.482. The summed E-state index contributed by atoms with van der Waals surface area (Å²) in [5.74, 6) is 0.679. The van der Waals surface area contributed by atoms with Gasteiger partial charge < -0.3 is 4.74 Å². The number of ether oxygens (including phenoxy) is 1. The molecule has 0 bridgehead atoms. The monoisotopic (exact) mass is 400 g/mol. The molecule has 0 radical (unpaired) electrons. The Hall–Kier alpha value is -2.93. The minimum atomic E-state index is -2.76. The Morgan fingerprint density at radius 3 is 2.21 bits per heavy atom. The summed E-state index contributed by atoms with van der Waals surface area (Å²) in [6.45, 7) is 5.89. The molecule has 1 aromatic heterocycles. The van der Waals surface area contributed by atoms with Crippen LogP contribution in [0.5, 0.6) is 11.5 Å². The minimum absolute atomic E-state index is 0.324. The van der Waals surface area contributed by atoms with E-state index in [4.69, 9.17) is 4.74 Å². The number of aryl methyl sites for hydroxylation is 2. The molecule has 0 saturated heterocycles. The van der Waals surface area contributed by atoms with Crippen molar-refractivity contribution < 1.29 is 17.5 Å². The van der Waals surface area contributed by atoms with Gasteiger partial charge in [0.1, 0.15) is 17.3 Å². The van der Waals surface area contributed by atoms with Gasteiger partial charge in [-0.15, -0.1) is 0 Å². The number of aromatic nitrogens is 1. The first-order chi connectivity index (χ1) is 13.4. The Kier molecular flexibility index (Phi) is 5.94. The molecule has 3 aromatic rings. The van der Waals surface area contributed by atoms with Crippen LogP contribution in [0.3, 0.4) is 0 Å². The van der Waals surface area contributed by atoms with Crippen LogP contribution in [-0.2, 0) is 10.9 Å². The van der Waals surface area contributed by atoms with E-state index in [0.717, 1.165) is 22.5 Å². The molecule has 7 heteroatoms. The summed E-state index contributed by atoms with van der Waals surface area (Å²) < 4.78 is 43.6. The first-order valence-electron chi connectivity index (χ1n) is 8.82. The average molecular weight is 400 g/mol. The van der Waals surface area contributed by atoms with Gasteiger partial charge in [-0.2, -0.15) is 0 Å². The van der Waals surface area contributed by atoms with Gasteiger partial charge in [-0.3, -0.25) is 9.29 Å². The third kappa shape index (κ3) is 4.48. The van der Waals surface area contributed by atoms with E-state index in [-0.39, 0.29) is 5.82 Å². The highest BCUT2D eigenvalue weighted by Gasteiger charge is 2.14. The first-order valence-corrected chi connectivity index (χ1v) is 9.95. The van der Waals surface area contributed by atoms with Crippen LogP contribution in [0.2, 0.25) is 0 Å². The van der Waals surface area contributed by atoms with Crippen molar-refractivity contribution >= 4 is 16.6 Å². The van der Waals surface area contributed by atoms with Crippen LogP contribution in [0.15, 0.2) is 54.6 Å². The van der Waals surface area contributed by atoms with Crippen molar-refractivity contribution in [1.82, 2.24) is 4.98 Å². The second-order valence-electron chi connectivity index (χ2n) is 6.33. The summed E-state index contributed by atoms with van der Waals surface area (Å²) in [4.78, 5) is 4.40. The van der Waals surface area contributed by atoms with Crippen LogP contribution in [0.25, 0.3) is 11.1 Å². The quantitative estimate of drug-likeness (QED) is 0.612. The summed E-state index contributed by atoms with van der Waals surface area (Å²) in [5.41, 5.74) is 3.82. The number of pyridine rings is 1. The fourth-order valence-corrected chi connectivity index (χ4v) is 3.55. The van der Waals surface area contributed by atoms with Crippen molar-refractivity contribution in [3.05, 3.63) is 71.8 Å². The molecule has 3 rings (SSSR count). The average Bonchev–Trinajstić information content (AvgIpc) is 2.64. The number of benzene rings is 2. The summed E-state index contributed by atoms with van der Waals surface area (Å²) in [7, 11) is -2.76. The molecule has 0 fully saturated rings. The van der Waals surface area contributed by atoms with E-state index in [1.165, 1.54) is 16.4 Å². The number of hydrogen-bond acceptors (Lipinski definition) is 4. The summed E-state index contributed by atoms with van der Waals surface area (Å²) in [6, 6.07) is 14.8. The van der Waals surface area contributed by atoms with Gasteiger partial charge in [0.05, 0.1) is 5.69 Å². The van der Waals surface area contributed by atoms with Crippen molar-refractivity contribution in [3.8, 4) is 22.6 Å². The standard InChI is InChI=1S/C21H21FN2O3S/c1-4-24(28(25)26)18-7-10-21(27-19-8-5-17(22)6-9-19)20(13-18)16-11-14(2)23-15(3)12-16/h5-13,28H,4H2,1-3H3. The summed E-state index contributed by atoms with van der Waals surface area (Å²) in [5, 5.41) is 0. The zero-order valence-electron chi connectivity index (χ0n) is 15.8. The second kappa shape index (κ2) is 8.39. The predicted octanol–water partition coefficient (Wildman–Crippen LogP) is 4.65. The molecule has 0 atom stereocenters. The molecule has 0 aliphatic heterocycles. The Morgan fingerprint density at radius 2 is 1.64 bits per heavy atom. The second-order valence-corrected chi connectivity index (χ2v) is 7.29. The third-order valence-electron chi connectivity index (χ3n) is 4.19. The van der Waals surface area contributed by atoms with Crippen molar-refractivity contribution in [3.63, 3.8) is 0 Å². The van der Waals surface area contributed by atoms with Crippen molar-refractivity contribution in [2.75, 3.05) is 10.8 Å². The normalized spacial score (nSPS) is 10.9. The lowest BCUT2D eigenvalue weighted by Crippen LogP contribution is -2.20. The van der Waals surface area contributed by atoms with Gasteiger partial charge in [-0.1, -0.05) is 0 Å². The lowest BCUT2D eigenvalue weighted by atomic mass is 10.0. The van der Waals surface area contributed by atoms with Crippen molar-refractivity contribution in [2.45, 2.75) is 20.8 Å². The Labute approximate surface area is 165 Å². The van der Waals surface area contributed by atoms with Crippen molar-refractivity contribution in [1.29, 1.82) is 0 Å². The van der Waals surface area contributed by atoms with E-state index in [1.807, 2.05) is 26.0 Å². The third-order valence-corrected chi connectivity index (χ3v) is 5.10. The number of halogens is 1. The smallest absolute Gasteiger partial charge is 0.225 e. The Bertz CT molecular complexity index is 1040. The van der Waals surface area contributed by atoms with Crippen molar-refractivity contribution in [2.24, 2.45) is 0 Å². The number of rotatable bonds is 6. The van der Waals surface area contributed by atoms with Gasteiger partial charge in [0.25, 0.3) is 0 Å². The Morgan fingerprint density at radius 1 is 1.00 bits per heavy atom. The predicted molar refractivity (Wildman–Crippen MR) is 109 cm³/mol. The maximum atomic E-state index is 13.2. The molecule has 0 saturated carbocycles. The van der Waals surface area contributed by atoms with Gasteiger partial charge in [-0.05, 0) is 80.9 Å². The largest absolute Gasteiger partial charge is 0.457 e. The molecular weight excluding hydrogens is 379 g/mol. The lowest BCUT2D eigenvalue weighted by Gasteiger charge is -2.19. The van der Waals surface area contributed by atoms with E-state index in [9.17, 15) is 12.8 Å². The number of thiol groups is 1. The van der Waals surface area contributed by atoms with Gasteiger partial charge in [-0.25, -0.2) is 12.8 Å². The molecule has 0 spiro atoms. The van der Waals surface area contributed by atoms with E-state index in [1.54, 1.807) is 37.3 Å². The van der Waals surface area contributed by atoms with Crippen LogP contribution >= 0.6 is 0 Å². The highest BCUT2D eigenvalue weighted by Crippen LogP contribution is 2.37. The van der Waals surface area contributed by atoms with E-state index >= 15 is 0 Å². The van der Waals surface area contributed by atoms with Gasteiger partial charge >= 0.3 is 0 Å². The summed E-state index contributed by atoms with van der Waals surface area (Å²) >= 11 is 0. The zero-order chi connectivity index (χ0) is 20.3. The molecule has 1 heterocycles. The fraction of sp³-hybridized carbons (Fsp3) is 0.190. The highest BCUT2D eigenvalue weighted by molar-refractivity contribution is 7.74. The number of anilines is 1. The maximum Gasteiger partial charge on any atom is 0.225 e. The van der Waals surface area contributed by atoms with E-state index < -0.39 is 10.9 Å². The van der Waals surface area contributed by atoms with Crippen LogP contribution in [0.4, 0.5) is 10.1 Å². The molecule has 28 heavy (non-hydrogen) atoms. The molecule has 5 nitrogen and oxygen atoms in total. The van der Waals surface area contributed by atoms with E-state index in [2.05, 4.69) is 4.98 Å². The highest BCUT2D eigenvalue weighted by atomic mass is 32.2.